The van der Waals surface area contributed by atoms with Gasteiger partial charge in [-0.2, -0.15) is 5.26 Å². The first kappa shape index (κ1) is 12.6. The zero-order valence-electron chi connectivity index (χ0n) is 10.6. The van der Waals surface area contributed by atoms with E-state index in [2.05, 4.69) is 32.5 Å². The molecule has 0 bridgehead atoms. The minimum atomic E-state index is 0.524. The molecule has 96 valence electrons. The zero-order valence-corrected chi connectivity index (χ0v) is 10.6. The van der Waals surface area contributed by atoms with E-state index in [1.54, 1.807) is 6.07 Å². The number of hydrogen-bond acceptors (Lipinski definition) is 6. The molecule has 0 spiro atoms. The SMILES string of the molecule is CN1CCCC(CNc2cc(NC#N)ncn2)C1. The maximum atomic E-state index is 8.53. The third-order valence-electron chi connectivity index (χ3n) is 3.14. The van der Waals surface area contributed by atoms with Gasteiger partial charge in [-0.3, -0.25) is 5.32 Å². The summed E-state index contributed by atoms with van der Waals surface area (Å²) in [7, 11) is 2.16. The quantitative estimate of drug-likeness (QED) is 0.612. The van der Waals surface area contributed by atoms with E-state index in [0.717, 1.165) is 18.9 Å². The molecule has 1 saturated heterocycles. The summed E-state index contributed by atoms with van der Waals surface area (Å²) in [6, 6.07) is 1.75. The normalized spacial score (nSPS) is 20.1. The highest BCUT2D eigenvalue weighted by Crippen LogP contribution is 2.16. The molecular weight excluding hydrogens is 228 g/mol. The Morgan fingerprint density at radius 2 is 2.33 bits per heavy atom. The summed E-state index contributed by atoms with van der Waals surface area (Å²) in [6.45, 7) is 3.23. The monoisotopic (exact) mass is 246 g/mol. The number of hydrogen-bond donors (Lipinski definition) is 2. The van der Waals surface area contributed by atoms with E-state index in [1.165, 1.54) is 25.7 Å². The number of rotatable bonds is 4. The maximum Gasteiger partial charge on any atom is 0.182 e. The Balaban J connectivity index is 1.86. The Morgan fingerprint density at radius 1 is 1.50 bits per heavy atom. The van der Waals surface area contributed by atoms with Crippen LogP contribution in [0.15, 0.2) is 12.4 Å². The molecule has 0 radical (unpaired) electrons. The Bertz CT molecular complexity index is 427. The number of nitriles is 1. The number of nitrogens with one attached hydrogen (secondary N) is 2. The third-order valence-corrected chi connectivity index (χ3v) is 3.14. The second kappa shape index (κ2) is 6.17. The topological polar surface area (TPSA) is 76.9 Å². The largest absolute Gasteiger partial charge is 0.370 e. The van der Waals surface area contributed by atoms with Gasteiger partial charge in [0, 0.05) is 19.2 Å². The molecule has 0 amide bonds. The minimum Gasteiger partial charge on any atom is -0.370 e. The number of anilines is 2. The summed E-state index contributed by atoms with van der Waals surface area (Å²) in [4.78, 5) is 10.4. The number of likely N-dealkylation sites (tertiary alicyclic amines) is 1. The fourth-order valence-electron chi connectivity index (χ4n) is 2.27. The van der Waals surface area contributed by atoms with Crippen LogP contribution in [-0.4, -0.2) is 41.5 Å². The van der Waals surface area contributed by atoms with Crippen LogP contribution in [0.5, 0.6) is 0 Å². The van der Waals surface area contributed by atoms with Gasteiger partial charge in [0.2, 0.25) is 0 Å². The van der Waals surface area contributed by atoms with Crippen molar-refractivity contribution in [3.05, 3.63) is 12.4 Å². The number of aromatic nitrogens is 2. The van der Waals surface area contributed by atoms with Crippen LogP contribution in [0.2, 0.25) is 0 Å². The van der Waals surface area contributed by atoms with Gasteiger partial charge in [0.1, 0.15) is 18.0 Å². The Hall–Kier alpha value is -1.87. The van der Waals surface area contributed by atoms with Crippen molar-refractivity contribution >= 4 is 11.6 Å². The van der Waals surface area contributed by atoms with Gasteiger partial charge in [-0.1, -0.05) is 0 Å². The summed E-state index contributed by atoms with van der Waals surface area (Å²) >= 11 is 0. The van der Waals surface area contributed by atoms with Crippen LogP contribution < -0.4 is 10.6 Å². The first-order chi connectivity index (χ1) is 8.78. The third kappa shape index (κ3) is 3.57. The van der Waals surface area contributed by atoms with Gasteiger partial charge in [0.05, 0.1) is 0 Å². The number of nitrogens with zero attached hydrogens (tertiary/aromatic N) is 4. The summed E-state index contributed by atoms with van der Waals surface area (Å²) < 4.78 is 0. The Labute approximate surface area is 107 Å². The van der Waals surface area contributed by atoms with Crippen molar-refractivity contribution in [3.8, 4) is 6.19 Å². The van der Waals surface area contributed by atoms with Gasteiger partial charge in [0.15, 0.2) is 6.19 Å². The summed E-state index contributed by atoms with van der Waals surface area (Å²) in [5.74, 6) is 1.94. The molecule has 1 aromatic rings. The molecule has 6 heteroatoms. The highest BCUT2D eigenvalue weighted by Gasteiger charge is 2.16. The number of piperidine rings is 1. The predicted molar refractivity (Wildman–Crippen MR) is 70.0 cm³/mol. The van der Waals surface area contributed by atoms with Gasteiger partial charge >= 0.3 is 0 Å². The smallest absolute Gasteiger partial charge is 0.182 e. The molecule has 1 aliphatic rings. The summed E-state index contributed by atoms with van der Waals surface area (Å²) in [5.41, 5.74) is 0. The molecule has 1 aliphatic heterocycles. The van der Waals surface area contributed by atoms with Gasteiger partial charge in [0.25, 0.3) is 0 Å². The van der Waals surface area contributed by atoms with Crippen molar-refractivity contribution in [2.75, 3.05) is 37.3 Å². The van der Waals surface area contributed by atoms with E-state index in [1.807, 2.05) is 6.19 Å². The van der Waals surface area contributed by atoms with Crippen LogP contribution in [0.1, 0.15) is 12.8 Å². The van der Waals surface area contributed by atoms with E-state index in [4.69, 9.17) is 5.26 Å². The lowest BCUT2D eigenvalue weighted by atomic mass is 9.98. The summed E-state index contributed by atoms with van der Waals surface area (Å²) in [6.07, 6.45) is 5.81. The molecule has 0 aliphatic carbocycles. The average molecular weight is 246 g/mol. The fraction of sp³-hybridized carbons (Fsp3) is 0.583. The maximum absolute atomic E-state index is 8.53. The lowest BCUT2D eigenvalue weighted by molar-refractivity contribution is 0.217. The van der Waals surface area contributed by atoms with E-state index in [9.17, 15) is 0 Å². The predicted octanol–water partition coefficient (Wildman–Crippen LogP) is 1.12. The van der Waals surface area contributed by atoms with Crippen molar-refractivity contribution < 1.29 is 0 Å². The van der Waals surface area contributed by atoms with Crippen molar-refractivity contribution in [2.45, 2.75) is 12.8 Å². The van der Waals surface area contributed by atoms with Crippen molar-refractivity contribution in [1.82, 2.24) is 14.9 Å². The molecule has 1 aromatic heterocycles. The van der Waals surface area contributed by atoms with Gasteiger partial charge in [-0.25, -0.2) is 9.97 Å². The molecule has 6 nitrogen and oxygen atoms in total. The second-order valence-electron chi connectivity index (χ2n) is 4.68. The van der Waals surface area contributed by atoms with Crippen molar-refractivity contribution in [2.24, 2.45) is 5.92 Å². The van der Waals surface area contributed by atoms with Crippen LogP contribution in [0.4, 0.5) is 11.6 Å². The minimum absolute atomic E-state index is 0.524. The van der Waals surface area contributed by atoms with Gasteiger partial charge in [-0.05, 0) is 32.4 Å². The van der Waals surface area contributed by atoms with Crippen LogP contribution in [-0.2, 0) is 0 Å². The Kier molecular flexibility index (Phi) is 4.31. The highest BCUT2D eigenvalue weighted by atomic mass is 15.1. The van der Waals surface area contributed by atoms with E-state index in [0.29, 0.717) is 11.7 Å². The fourth-order valence-corrected chi connectivity index (χ4v) is 2.27. The average Bonchev–Trinajstić information content (AvgIpc) is 2.37. The van der Waals surface area contributed by atoms with Crippen LogP contribution in [0.25, 0.3) is 0 Å². The first-order valence-corrected chi connectivity index (χ1v) is 6.17. The van der Waals surface area contributed by atoms with E-state index in [-0.39, 0.29) is 0 Å². The lowest BCUT2D eigenvalue weighted by Crippen LogP contribution is -2.35. The van der Waals surface area contributed by atoms with Crippen molar-refractivity contribution in [1.29, 1.82) is 5.26 Å². The Morgan fingerprint density at radius 3 is 3.11 bits per heavy atom. The van der Waals surface area contributed by atoms with Gasteiger partial charge < -0.3 is 10.2 Å². The van der Waals surface area contributed by atoms with Crippen LogP contribution in [0.3, 0.4) is 0 Å². The second-order valence-corrected chi connectivity index (χ2v) is 4.68. The standard InChI is InChI=1S/C12H18N6/c1-18-4-2-3-10(7-18)6-14-11-5-12(15-8-13)17-9-16-11/h5,9-10H,2-4,6-7H2,1H3,(H2,14,15,16,17). The summed E-state index contributed by atoms with van der Waals surface area (Å²) in [5, 5.41) is 14.3. The molecule has 1 unspecified atom stereocenters. The molecule has 2 heterocycles. The van der Waals surface area contributed by atoms with E-state index < -0.39 is 0 Å². The van der Waals surface area contributed by atoms with Crippen LogP contribution >= 0.6 is 0 Å². The highest BCUT2D eigenvalue weighted by molar-refractivity contribution is 5.48. The first-order valence-electron chi connectivity index (χ1n) is 6.17. The zero-order chi connectivity index (χ0) is 12.8. The molecule has 1 fully saturated rings. The molecule has 0 aromatic carbocycles. The molecular formula is C12H18N6. The van der Waals surface area contributed by atoms with E-state index >= 15 is 0 Å². The van der Waals surface area contributed by atoms with Gasteiger partial charge in [-0.15, -0.1) is 0 Å². The lowest BCUT2D eigenvalue weighted by Gasteiger charge is -2.29. The molecule has 2 N–H and O–H groups in total. The van der Waals surface area contributed by atoms with Crippen molar-refractivity contribution in [3.63, 3.8) is 0 Å². The molecule has 18 heavy (non-hydrogen) atoms. The van der Waals surface area contributed by atoms with Crippen LogP contribution in [0, 0.1) is 17.4 Å². The molecule has 1 atom stereocenters. The molecule has 0 saturated carbocycles. The molecule has 2 rings (SSSR count).